The second kappa shape index (κ2) is 11.7. The first-order valence-corrected chi connectivity index (χ1v) is 12.4. The van der Waals surface area contributed by atoms with Gasteiger partial charge in [0.05, 0.1) is 36.8 Å². The van der Waals surface area contributed by atoms with Crippen molar-refractivity contribution in [1.29, 1.82) is 0 Å². The second-order valence-electron chi connectivity index (χ2n) is 9.64. The summed E-state index contributed by atoms with van der Waals surface area (Å²) in [6, 6.07) is 18.0. The maximum atomic E-state index is 10.7. The molecule has 2 aromatic carbocycles. The lowest BCUT2D eigenvalue weighted by atomic mass is 10.2. The van der Waals surface area contributed by atoms with Crippen LogP contribution in [0.5, 0.6) is 17.4 Å². The zero-order valence-electron chi connectivity index (χ0n) is 21.2. The van der Waals surface area contributed by atoms with E-state index in [1.54, 1.807) is 7.11 Å². The van der Waals surface area contributed by atoms with E-state index in [0.29, 0.717) is 49.9 Å². The van der Waals surface area contributed by atoms with Gasteiger partial charge in [0.2, 0.25) is 5.88 Å². The van der Waals surface area contributed by atoms with E-state index in [9.17, 15) is 5.11 Å². The fraction of sp³-hybridized carbons (Fsp3) is 0.464. The van der Waals surface area contributed by atoms with Crippen LogP contribution < -0.4 is 9.47 Å². The molecule has 35 heavy (non-hydrogen) atoms. The van der Waals surface area contributed by atoms with Gasteiger partial charge in [-0.05, 0) is 62.1 Å². The maximum Gasteiger partial charge on any atom is 0.227 e. The second-order valence-corrected chi connectivity index (χ2v) is 9.64. The summed E-state index contributed by atoms with van der Waals surface area (Å²) >= 11 is 0. The van der Waals surface area contributed by atoms with Crippen LogP contribution in [0.15, 0.2) is 54.6 Å². The zero-order chi connectivity index (χ0) is 24.8. The highest BCUT2D eigenvalue weighted by Crippen LogP contribution is 2.35. The first-order valence-electron chi connectivity index (χ1n) is 12.4. The predicted molar refractivity (Wildman–Crippen MR) is 136 cm³/mol. The monoisotopic (exact) mass is 479 g/mol. The minimum absolute atomic E-state index is 0.346. The first kappa shape index (κ1) is 25.2. The average Bonchev–Trinajstić information content (AvgIpc) is 3.66. The van der Waals surface area contributed by atoms with Crippen LogP contribution in [0.3, 0.4) is 0 Å². The highest BCUT2D eigenvalue weighted by atomic mass is 16.5. The molecule has 4 rings (SSSR count). The molecule has 0 spiro atoms. The van der Waals surface area contributed by atoms with E-state index in [4.69, 9.17) is 19.3 Å². The van der Waals surface area contributed by atoms with Crippen LogP contribution in [-0.4, -0.2) is 58.8 Å². The van der Waals surface area contributed by atoms with Crippen LogP contribution in [0, 0.1) is 12.8 Å². The minimum atomic E-state index is -0.537. The third kappa shape index (κ3) is 6.84. The van der Waals surface area contributed by atoms with E-state index >= 15 is 0 Å². The number of aliphatic hydroxyl groups is 1. The number of aromatic nitrogens is 2. The Kier molecular flexibility index (Phi) is 8.44. The van der Waals surface area contributed by atoms with E-state index in [1.807, 2.05) is 66.2 Å². The molecule has 1 aromatic heterocycles. The molecule has 0 amide bonds. The van der Waals surface area contributed by atoms with Gasteiger partial charge in [0.15, 0.2) is 0 Å². The van der Waals surface area contributed by atoms with Gasteiger partial charge in [0.25, 0.3) is 0 Å². The summed E-state index contributed by atoms with van der Waals surface area (Å²) in [4.78, 5) is 2.34. The molecular weight excluding hydrogens is 442 g/mol. The van der Waals surface area contributed by atoms with Gasteiger partial charge in [-0.3, -0.25) is 4.90 Å². The van der Waals surface area contributed by atoms with Crippen LogP contribution in [-0.2, 0) is 11.3 Å². The third-order valence-electron chi connectivity index (χ3n) is 6.04. The predicted octanol–water partition coefficient (Wildman–Crippen LogP) is 4.98. The van der Waals surface area contributed by atoms with Gasteiger partial charge in [0.1, 0.15) is 11.5 Å². The van der Waals surface area contributed by atoms with Gasteiger partial charge >= 0.3 is 0 Å². The Balaban J connectivity index is 1.59. The first-order chi connectivity index (χ1) is 16.9. The molecule has 188 valence electrons. The molecule has 0 unspecified atom stereocenters. The summed E-state index contributed by atoms with van der Waals surface area (Å²) in [5, 5.41) is 15.5. The Morgan fingerprint density at radius 3 is 2.34 bits per heavy atom. The van der Waals surface area contributed by atoms with E-state index < -0.39 is 6.10 Å². The maximum absolute atomic E-state index is 10.7. The van der Waals surface area contributed by atoms with Crippen molar-refractivity contribution in [3.8, 4) is 23.1 Å². The molecule has 1 heterocycles. The Morgan fingerprint density at radius 2 is 1.71 bits per heavy atom. The van der Waals surface area contributed by atoms with Crippen molar-refractivity contribution in [3.05, 3.63) is 65.9 Å². The fourth-order valence-corrected chi connectivity index (χ4v) is 4.07. The van der Waals surface area contributed by atoms with Crippen LogP contribution in [0.1, 0.15) is 37.9 Å². The summed E-state index contributed by atoms with van der Waals surface area (Å²) in [5.41, 5.74) is 2.87. The van der Waals surface area contributed by atoms with Crippen molar-refractivity contribution in [1.82, 2.24) is 14.7 Å². The molecule has 0 saturated heterocycles. The summed E-state index contributed by atoms with van der Waals surface area (Å²) in [6.45, 7) is 8.45. The van der Waals surface area contributed by atoms with Gasteiger partial charge in [-0.25, -0.2) is 4.68 Å². The lowest BCUT2D eigenvalue weighted by Crippen LogP contribution is -2.36. The molecule has 1 aliphatic carbocycles. The number of rotatable bonds is 13. The summed E-state index contributed by atoms with van der Waals surface area (Å²) < 4.78 is 19.3. The normalized spacial score (nSPS) is 14.5. The number of aliphatic hydroxyl groups excluding tert-OH is 1. The third-order valence-corrected chi connectivity index (χ3v) is 6.04. The molecule has 1 fully saturated rings. The number of aryl methyl sites for hydroxylation is 1. The molecule has 0 bridgehead atoms. The summed E-state index contributed by atoms with van der Waals surface area (Å²) in [6.07, 6.45) is 1.74. The van der Waals surface area contributed by atoms with Crippen molar-refractivity contribution >= 4 is 0 Å². The number of hydrogen-bond acceptors (Lipinski definition) is 6. The molecule has 7 nitrogen and oxygen atoms in total. The Morgan fingerprint density at radius 1 is 1.03 bits per heavy atom. The molecule has 3 aromatic rings. The highest BCUT2D eigenvalue weighted by molar-refractivity contribution is 5.44. The molecule has 1 N–H and O–H groups in total. The smallest absolute Gasteiger partial charge is 0.227 e. The van der Waals surface area contributed by atoms with Crippen molar-refractivity contribution in [3.63, 3.8) is 0 Å². The van der Waals surface area contributed by atoms with E-state index in [-0.39, 0.29) is 0 Å². The van der Waals surface area contributed by atoms with Gasteiger partial charge in [-0.15, -0.1) is 0 Å². The average molecular weight is 480 g/mol. The van der Waals surface area contributed by atoms with Crippen molar-refractivity contribution < 1.29 is 19.3 Å². The van der Waals surface area contributed by atoms with Crippen LogP contribution in [0.25, 0.3) is 5.69 Å². The standard InChI is InChI=1S/C28H37N3O4/c1-20(2)18-34-19-24(32)16-30(22-10-11-22)17-27-21(3)29-31(23-8-6-5-7-9-23)28(27)35-26-14-12-25(33-4)13-15-26/h5-9,12-15,20,22,24,32H,10-11,16-19H2,1-4H3/t24-/m1/s1. The Labute approximate surface area is 208 Å². The quantitative estimate of drug-likeness (QED) is 0.373. The van der Waals surface area contributed by atoms with Gasteiger partial charge in [-0.1, -0.05) is 32.0 Å². The lowest BCUT2D eigenvalue weighted by molar-refractivity contribution is 0.00536. The number of hydrogen-bond donors (Lipinski definition) is 1. The molecule has 7 heteroatoms. The molecular formula is C28H37N3O4. The van der Waals surface area contributed by atoms with Crippen molar-refractivity contribution in [2.75, 3.05) is 26.9 Å². The number of benzene rings is 2. The van der Waals surface area contributed by atoms with Crippen molar-refractivity contribution in [2.45, 2.75) is 52.3 Å². The van der Waals surface area contributed by atoms with Gasteiger partial charge in [0, 0.05) is 25.7 Å². The van der Waals surface area contributed by atoms with E-state index in [0.717, 1.165) is 35.5 Å². The number of para-hydroxylation sites is 1. The molecule has 1 atom stereocenters. The van der Waals surface area contributed by atoms with Crippen LogP contribution in [0.2, 0.25) is 0 Å². The Bertz CT molecular complexity index is 1060. The van der Waals surface area contributed by atoms with E-state index in [1.165, 1.54) is 0 Å². The molecule has 1 aliphatic rings. The fourth-order valence-electron chi connectivity index (χ4n) is 4.07. The van der Waals surface area contributed by atoms with Gasteiger partial charge in [-0.2, -0.15) is 5.10 Å². The number of nitrogens with zero attached hydrogens (tertiary/aromatic N) is 3. The summed E-state index contributed by atoms with van der Waals surface area (Å²) in [5.74, 6) is 2.63. The topological polar surface area (TPSA) is 69.0 Å². The van der Waals surface area contributed by atoms with Crippen LogP contribution >= 0.6 is 0 Å². The lowest BCUT2D eigenvalue weighted by Gasteiger charge is -2.25. The largest absolute Gasteiger partial charge is 0.497 e. The number of ether oxygens (including phenoxy) is 3. The molecule has 0 aliphatic heterocycles. The number of methoxy groups -OCH3 is 1. The van der Waals surface area contributed by atoms with Crippen LogP contribution in [0.4, 0.5) is 0 Å². The SMILES string of the molecule is COc1ccc(Oc2c(CN(C[C@@H](O)COCC(C)C)C3CC3)c(C)nn2-c2ccccc2)cc1. The van der Waals surface area contributed by atoms with Crippen molar-refractivity contribution in [2.24, 2.45) is 5.92 Å². The minimum Gasteiger partial charge on any atom is -0.497 e. The highest BCUT2D eigenvalue weighted by Gasteiger charge is 2.32. The summed E-state index contributed by atoms with van der Waals surface area (Å²) in [7, 11) is 1.65. The Hall–Kier alpha value is -2.87. The molecule has 1 saturated carbocycles. The molecule has 0 radical (unpaired) electrons. The van der Waals surface area contributed by atoms with Gasteiger partial charge < -0.3 is 19.3 Å². The zero-order valence-corrected chi connectivity index (χ0v) is 21.2. The van der Waals surface area contributed by atoms with E-state index in [2.05, 4.69) is 18.7 Å².